The largest absolute Gasteiger partial charge is 0.497 e. The number of rotatable bonds is 4. The van der Waals surface area contributed by atoms with Gasteiger partial charge < -0.3 is 15.0 Å². The van der Waals surface area contributed by atoms with Crippen LogP contribution in [0.4, 0.5) is 5.69 Å². The summed E-state index contributed by atoms with van der Waals surface area (Å²) in [5.74, 6) is 0.113. The maximum Gasteiger partial charge on any atom is 0.329 e. The van der Waals surface area contributed by atoms with Crippen molar-refractivity contribution < 1.29 is 9.53 Å². The third-order valence-corrected chi connectivity index (χ3v) is 3.94. The molecule has 0 aliphatic heterocycles. The number of methoxy groups -OCH3 is 1. The highest BCUT2D eigenvalue weighted by Gasteiger charge is 2.20. The van der Waals surface area contributed by atoms with Gasteiger partial charge in [0.25, 0.3) is 5.56 Å². The molecule has 0 radical (unpaired) electrons. The van der Waals surface area contributed by atoms with Gasteiger partial charge in [-0.25, -0.2) is 9.36 Å². The first kappa shape index (κ1) is 16.5. The average Bonchev–Trinajstić information content (AvgIpc) is 2.61. The molecule has 0 aliphatic rings. The molecular weight excluding hydrogens is 322 g/mol. The lowest BCUT2D eigenvalue weighted by atomic mass is 10.2. The van der Waals surface area contributed by atoms with E-state index >= 15 is 0 Å². The molecule has 0 fully saturated rings. The Bertz CT molecular complexity index is 1050. The molecule has 0 aliphatic carbocycles. The van der Waals surface area contributed by atoms with E-state index in [9.17, 15) is 14.4 Å². The Kier molecular flexibility index (Phi) is 4.38. The highest BCUT2D eigenvalue weighted by atomic mass is 16.5. The van der Waals surface area contributed by atoms with Crippen LogP contribution in [-0.4, -0.2) is 22.6 Å². The van der Waals surface area contributed by atoms with Gasteiger partial charge in [0, 0.05) is 11.8 Å². The molecule has 2 aromatic carbocycles. The molecule has 1 heterocycles. The average molecular weight is 339 g/mol. The molecule has 1 amide bonds. The van der Waals surface area contributed by atoms with E-state index in [2.05, 4.69) is 10.3 Å². The molecule has 0 bridgehead atoms. The standard InChI is InChI=1S/C18H17N3O4/c1-11(16(22)19-12-6-5-7-13(10-12)25-2)21-17(23)14-8-3-4-9-15(14)20-18(21)24/h3-11H,1-2H3,(H,19,22)(H,20,24)/t11-/m0/s1. The van der Waals surface area contributed by atoms with Crippen LogP contribution in [0.5, 0.6) is 5.75 Å². The maximum absolute atomic E-state index is 12.6. The van der Waals surface area contributed by atoms with Gasteiger partial charge >= 0.3 is 5.69 Å². The Morgan fingerprint density at radius 2 is 1.92 bits per heavy atom. The third-order valence-electron chi connectivity index (χ3n) is 3.94. The quantitative estimate of drug-likeness (QED) is 0.759. The second-order valence-corrected chi connectivity index (χ2v) is 5.55. The minimum atomic E-state index is -0.980. The highest BCUT2D eigenvalue weighted by Crippen LogP contribution is 2.18. The summed E-state index contributed by atoms with van der Waals surface area (Å²) < 4.78 is 6.02. The summed E-state index contributed by atoms with van der Waals surface area (Å²) in [4.78, 5) is 40.0. The summed E-state index contributed by atoms with van der Waals surface area (Å²) in [6, 6.07) is 12.5. The molecule has 25 heavy (non-hydrogen) atoms. The summed E-state index contributed by atoms with van der Waals surface area (Å²) in [6.45, 7) is 1.50. The molecule has 0 saturated carbocycles. The fraction of sp³-hybridized carbons (Fsp3) is 0.167. The first-order valence-electron chi connectivity index (χ1n) is 7.69. The Balaban J connectivity index is 1.96. The lowest BCUT2D eigenvalue weighted by molar-refractivity contribution is -0.118. The van der Waals surface area contributed by atoms with Crippen molar-refractivity contribution >= 4 is 22.5 Å². The number of benzene rings is 2. The summed E-state index contributed by atoms with van der Waals surface area (Å²) in [6.07, 6.45) is 0. The minimum Gasteiger partial charge on any atom is -0.497 e. The normalized spacial score (nSPS) is 11.9. The first-order valence-corrected chi connectivity index (χ1v) is 7.69. The first-order chi connectivity index (χ1) is 12.0. The molecule has 7 heteroatoms. The number of hydrogen-bond donors (Lipinski definition) is 2. The fourth-order valence-corrected chi connectivity index (χ4v) is 2.59. The van der Waals surface area contributed by atoms with Crippen LogP contribution >= 0.6 is 0 Å². The van der Waals surface area contributed by atoms with Crippen molar-refractivity contribution in [3.63, 3.8) is 0 Å². The SMILES string of the molecule is COc1cccc(NC(=O)[C@H](C)n2c(=O)[nH]c3ccccc3c2=O)c1. The van der Waals surface area contributed by atoms with E-state index in [1.54, 1.807) is 48.5 Å². The number of carbonyl (C=O) groups excluding carboxylic acids is 1. The molecule has 2 N–H and O–H groups in total. The van der Waals surface area contributed by atoms with Gasteiger partial charge in [-0.05, 0) is 31.2 Å². The maximum atomic E-state index is 12.6. The van der Waals surface area contributed by atoms with Gasteiger partial charge in [0.15, 0.2) is 0 Å². The van der Waals surface area contributed by atoms with Gasteiger partial charge in [-0.1, -0.05) is 18.2 Å². The number of aromatic nitrogens is 2. The van der Waals surface area contributed by atoms with Crippen LogP contribution in [0, 0.1) is 0 Å². The molecule has 1 atom stereocenters. The van der Waals surface area contributed by atoms with Gasteiger partial charge in [0.05, 0.1) is 18.0 Å². The number of amides is 1. The third kappa shape index (κ3) is 3.16. The van der Waals surface area contributed by atoms with Crippen molar-refractivity contribution in [1.29, 1.82) is 0 Å². The Labute approximate surface area is 142 Å². The van der Waals surface area contributed by atoms with E-state index in [1.165, 1.54) is 14.0 Å². The number of anilines is 1. The van der Waals surface area contributed by atoms with Crippen LogP contribution in [0.25, 0.3) is 10.9 Å². The molecule has 7 nitrogen and oxygen atoms in total. The van der Waals surface area contributed by atoms with Crippen molar-refractivity contribution in [2.75, 3.05) is 12.4 Å². The van der Waals surface area contributed by atoms with Gasteiger partial charge in [-0.2, -0.15) is 0 Å². The number of H-pyrrole nitrogens is 1. The predicted octanol–water partition coefficient (Wildman–Crippen LogP) is 1.90. The zero-order valence-electron chi connectivity index (χ0n) is 13.8. The van der Waals surface area contributed by atoms with E-state index in [-0.39, 0.29) is 0 Å². The molecule has 128 valence electrons. The van der Waals surface area contributed by atoms with Gasteiger partial charge in [-0.15, -0.1) is 0 Å². The molecule has 0 unspecified atom stereocenters. The number of nitrogens with one attached hydrogen (secondary N) is 2. The number of hydrogen-bond acceptors (Lipinski definition) is 4. The Hall–Kier alpha value is -3.35. The topological polar surface area (TPSA) is 93.2 Å². The fourth-order valence-electron chi connectivity index (χ4n) is 2.59. The van der Waals surface area contributed by atoms with Crippen LogP contribution in [0.3, 0.4) is 0 Å². The second-order valence-electron chi connectivity index (χ2n) is 5.55. The zero-order valence-corrected chi connectivity index (χ0v) is 13.8. The van der Waals surface area contributed by atoms with E-state index in [1.807, 2.05) is 0 Å². The smallest absolute Gasteiger partial charge is 0.329 e. The van der Waals surface area contributed by atoms with E-state index in [0.29, 0.717) is 22.3 Å². The highest BCUT2D eigenvalue weighted by molar-refractivity contribution is 5.93. The number of fused-ring (bicyclic) bond motifs is 1. The lowest BCUT2D eigenvalue weighted by Gasteiger charge is -2.15. The molecule has 0 spiro atoms. The molecule has 3 rings (SSSR count). The van der Waals surface area contributed by atoms with Crippen molar-refractivity contribution in [3.05, 3.63) is 69.4 Å². The summed E-state index contributed by atoms with van der Waals surface area (Å²) in [5, 5.41) is 3.04. The summed E-state index contributed by atoms with van der Waals surface area (Å²) >= 11 is 0. The van der Waals surface area contributed by atoms with E-state index in [4.69, 9.17) is 4.74 Å². The van der Waals surface area contributed by atoms with Crippen molar-refractivity contribution in [3.8, 4) is 5.75 Å². The van der Waals surface area contributed by atoms with Gasteiger partial charge in [0.1, 0.15) is 11.8 Å². The number of nitrogens with zero attached hydrogens (tertiary/aromatic N) is 1. The second kappa shape index (κ2) is 6.64. The van der Waals surface area contributed by atoms with Crippen LogP contribution < -0.4 is 21.3 Å². The number of carbonyl (C=O) groups is 1. The van der Waals surface area contributed by atoms with E-state index in [0.717, 1.165) is 4.57 Å². The molecule has 0 saturated heterocycles. The summed E-state index contributed by atoms with van der Waals surface area (Å²) in [5.41, 5.74) is -0.180. The molecule has 3 aromatic rings. The number of aromatic amines is 1. The number of ether oxygens (including phenoxy) is 1. The monoisotopic (exact) mass is 339 g/mol. The van der Waals surface area contributed by atoms with E-state index < -0.39 is 23.2 Å². The molecule has 1 aromatic heterocycles. The Morgan fingerprint density at radius 1 is 1.16 bits per heavy atom. The van der Waals surface area contributed by atoms with Crippen LogP contribution in [-0.2, 0) is 4.79 Å². The Morgan fingerprint density at radius 3 is 2.68 bits per heavy atom. The van der Waals surface area contributed by atoms with Crippen LogP contribution in [0.15, 0.2) is 58.1 Å². The van der Waals surface area contributed by atoms with Crippen molar-refractivity contribution in [2.24, 2.45) is 0 Å². The van der Waals surface area contributed by atoms with Crippen LogP contribution in [0.2, 0.25) is 0 Å². The zero-order chi connectivity index (χ0) is 18.0. The van der Waals surface area contributed by atoms with Gasteiger partial charge in [-0.3, -0.25) is 9.59 Å². The van der Waals surface area contributed by atoms with Crippen molar-refractivity contribution in [1.82, 2.24) is 9.55 Å². The van der Waals surface area contributed by atoms with Gasteiger partial charge in [0.2, 0.25) is 5.91 Å². The predicted molar refractivity (Wildman–Crippen MR) is 95.2 cm³/mol. The number of para-hydroxylation sites is 1. The van der Waals surface area contributed by atoms with Crippen LogP contribution in [0.1, 0.15) is 13.0 Å². The lowest BCUT2D eigenvalue weighted by Crippen LogP contribution is -2.41. The summed E-state index contributed by atoms with van der Waals surface area (Å²) in [7, 11) is 1.53. The minimum absolute atomic E-state index is 0.350. The van der Waals surface area contributed by atoms with Crippen molar-refractivity contribution in [2.45, 2.75) is 13.0 Å². The molecular formula is C18H17N3O4.